The number of hydrogen-bond donors (Lipinski definition) is 8. The van der Waals surface area contributed by atoms with Gasteiger partial charge in [0, 0.05) is 40.2 Å². The Bertz CT molecular complexity index is 5610. The number of aryl methyl sites for hydroxylation is 2. The third-order valence-corrected chi connectivity index (χ3v) is 16.2. The first-order valence-corrected chi connectivity index (χ1v) is 33.6. The first-order chi connectivity index (χ1) is 50.9. The topological polar surface area (TPSA) is 404 Å². The molecule has 12 rings (SSSR count). The van der Waals surface area contributed by atoms with Gasteiger partial charge in [0.05, 0.1) is 71.9 Å². The molecule has 8 N–H and O–H groups in total. The number of para-hydroxylation sites is 4. The minimum atomic E-state index is -0.351. The maximum atomic E-state index is 13.0. The van der Waals surface area contributed by atoms with Crippen LogP contribution in [0.1, 0.15) is 131 Å². The zero-order valence-electron chi connectivity index (χ0n) is 61.5. The molecule has 0 aliphatic carbocycles. The van der Waals surface area contributed by atoms with E-state index in [0.717, 1.165) is 23.4 Å². The summed E-state index contributed by atoms with van der Waals surface area (Å²) in [5.74, 6) is 1.21. The molecular weight excluding hydrogens is 1380 g/mol. The van der Waals surface area contributed by atoms with E-state index in [4.69, 9.17) is 41.5 Å². The van der Waals surface area contributed by atoms with Crippen LogP contribution in [-0.2, 0) is 51.1 Å². The van der Waals surface area contributed by atoms with Crippen molar-refractivity contribution in [3.05, 3.63) is 238 Å². The molecule has 12 aromatic rings. The predicted molar refractivity (Wildman–Crippen MR) is 405 cm³/mol. The number of benzene rings is 4. The molecule has 107 heavy (non-hydrogen) atoms. The van der Waals surface area contributed by atoms with Crippen molar-refractivity contribution in [1.29, 1.82) is 0 Å². The number of imidazole rings is 1. The van der Waals surface area contributed by atoms with Crippen LogP contribution in [0.4, 0.5) is 63.2 Å². The van der Waals surface area contributed by atoms with Gasteiger partial charge in [0.25, 0.3) is 33.7 Å². The Morgan fingerprint density at radius 1 is 0.477 bits per heavy atom. The number of rotatable bonds is 14. The van der Waals surface area contributed by atoms with E-state index in [1.165, 1.54) is 24.8 Å². The zero-order valence-corrected chi connectivity index (χ0v) is 62.3. The van der Waals surface area contributed by atoms with E-state index < -0.39 is 0 Å². The third kappa shape index (κ3) is 18.4. The Morgan fingerprint density at radius 3 is 1.25 bits per heavy atom. The van der Waals surface area contributed by atoms with Crippen molar-refractivity contribution in [3.63, 3.8) is 0 Å². The van der Waals surface area contributed by atoms with Crippen molar-refractivity contribution < 1.29 is 14.7 Å². The standard InChI is InChI=1S/C19H21N7O.C18H19N7OS.C18H22N6O.C17H17N7O.CO2/c1-6-13-14(20-5)17(23-21-13)24-22-15-16(19(2,3)4)25-26(18(15)27)12-10-8-7-9-11-12;1-18(2,3)13-12(19-4)14(21-20-13)22-23-15-16(26)25(17(27)24(15)5)11-9-7-6-8-10-11;1-5-12-11-19-21-16(12)22-20-14-15(18(2,3)4)23-24(17(14)25)13-9-7-6-8-10-13;1-17(2,3)14-13(20-22-15-12(18-4)10-19-21-15)16(25)24(23-14)11-8-6-5-7-9-11;2-1-3/h7-11,25H,6H2,1-4H3,(H,21,23);6-10,26H,1-3,5H3,(H,20,21);6-11,23H,5H2,1-4H3,(H,19,21);5-10,23H,1-3H3,(H,19,21);. The minimum Gasteiger partial charge on any atom is -0.491 e. The first kappa shape index (κ1) is 78.9. The van der Waals surface area contributed by atoms with E-state index in [2.05, 4.69) is 112 Å². The molecule has 33 nitrogen and oxygen atoms in total. The molecule has 34 heteroatoms. The Morgan fingerprint density at radius 2 is 0.850 bits per heavy atom. The molecule has 0 aliphatic heterocycles. The molecule has 4 aromatic carbocycles. The first-order valence-electron chi connectivity index (χ1n) is 33.2. The number of aromatic nitrogens is 16. The number of H-pyrrole nitrogens is 7. The number of aromatic amines is 7. The second-order valence-corrected chi connectivity index (χ2v) is 27.9. The van der Waals surface area contributed by atoms with Gasteiger partial charge in [-0.2, -0.15) is 30.0 Å². The van der Waals surface area contributed by atoms with Crippen LogP contribution in [-0.4, -0.2) is 90.5 Å². The smallest absolute Gasteiger partial charge is 0.373 e. The summed E-state index contributed by atoms with van der Waals surface area (Å²) in [6.07, 6.45) is 4.76. The molecule has 0 unspecified atom stereocenters. The number of aromatic hydroxyl groups is 1. The minimum absolute atomic E-state index is 0.131. The molecule has 0 spiro atoms. The molecule has 0 bridgehead atoms. The van der Waals surface area contributed by atoms with Crippen molar-refractivity contribution in [2.45, 2.75) is 131 Å². The average molecular weight is 1460 g/mol. The molecule has 0 atom stereocenters. The molecule has 0 amide bonds. The van der Waals surface area contributed by atoms with E-state index in [0.29, 0.717) is 73.9 Å². The molecular formula is C73H79N27O6S. The van der Waals surface area contributed by atoms with Gasteiger partial charge in [-0.3, -0.25) is 59.2 Å². The Balaban J connectivity index is 0.000000178. The van der Waals surface area contributed by atoms with Gasteiger partial charge in [0.1, 0.15) is 0 Å². The predicted octanol–water partition coefficient (Wildman–Crippen LogP) is 17.7. The van der Waals surface area contributed by atoms with Crippen molar-refractivity contribution in [3.8, 4) is 28.6 Å². The fraction of sp³-hybridized carbons (Fsp3) is 0.288. The van der Waals surface area contributed by atoms with Crippen LogP contribution < -0.4 is 16.7 Å². The summed E-state index contributed by atoms with van der Waals surface area (Å²) in [5.41, 5.74) is 6.85. The van der Waals surface area contributed by atoms with E-state index in [9.17, 15) is 19.5 Å². The molecule has 0 aliphatic rings. The normalized spacial score (nSPS) is 11.6. The van der Waals surface area contributed by atoms with Gasteiger partial charge in [-0.25, -0.2) is 28.6 Å². The molecule has 8 heterocycles. The summed E-state index contributed by atoms with van der Waals surface area (Å²) < 4.78 is 7.82. The molecule has 0 radical (unpaired) electrons. The van der Waals surface area contributed by atoms with Gasteiger partial charge in [0.15, 0.2) is 33.5 Å². The van der Waals surface area contributed by atoms with Gasteiger partial charge in [-0.1, -0.05) is 170 Å². The number of nitrogens with one attached hydrogen (secondary N) is 7. The fourth-order valence-electron chi connectivity index (χ4n) is 10.2. The summed E-state index contributed by atoms with van der Waals surface area (Å²) in [6.45, 7) is 49.7. The second kappa shape index (κ2) is 34.0. The lowest BCUT2D eigenvalue weighted by Crippen LogP contribution is -2.14. The molecule has 8 aromatic heterocycles. The van der Waals surface area contributed by atoms with Gasteiger partial charge in [-0.15, -0.1) is 40.9 Å². The summed E-state index contributed by atoms with van der Waals surface area (Å²) in [7, 11) is 1.69. The van der Waals surface area contributed by atoms with Crippen LogP contribution in [0.3, 0.4) is 0 Å². The number of azo groups is 4. The summed E-state index contributed by atoms with van der Waals surface area (Å²) in [6, 6.07) is 37.2. The lowest BCUT2D eigenvalue weighted by Gasteiger charge is -2.16. The van der Waals surface area contributed by atoms with Gasteiger partial charge >= 0.3 is 6.15 Å². The van der Waals surface area contributed by atoms with Crippen molar-refractivity contribution in [2.75, 3.05) is 0 Å². The van der Waals surface area contributed by atoms with Crippen LogP contribution >= 0.6 is 12.2 Å². The Kier molecular flexibility index (Phi) is 25.1. The highest BCUT2D eigenvalue weighted by Gasteiger charge is 2.30. The van der Waals surface area contributed by atoms with Gasteiger partial charge < -0.3 is 5.11 Å². The SMILES string of the molecule is CCc1cn[nH]c1N=Nc1c(C(C)(C)C)[nH]n(-c2ccccc2)c1=O.O=C=O.[C-]#[N+]c1c(N=Nc2c(C(C)(C)C)[nH]n(-c3ccccc3)c2=O)n[nH]c1CC.[C-]#[N+]c1c(N=Nc2c(O)n(-c3ccccc3)c(=S)n2C)n[nH]c1C(C)(C)C.[C-]#[N+]c1cn[nH]c1N=Nc1c(C(C)(C)C)[nH]n(-c2ccccc2)c1=O. The molecule has 548 valence electrons. The van der Waals surface area contributed by atoms with E-state index in [1.54, 1.807) is 17.8 Å². The molecule has 0 fully saturated rings. The lowest BCUT2D eigenvalue weighted by molar-refractivity contribution is -0.191. The van der Waals surface area contributed by atoms with E-state index in [-0.39, 0.29) is 90.7 Å². The van der Waals surface area contributed by atoms with Crippen LogP contribution in [0.5, 0.6) is 5.88 Å². The highest BCUT2D eigenvalue weighted by atomic mass is 32.1. The van der Waals surface area contributed by atoms with Crippen LogP contribution in [0.2, 0.25) is 0 Å². The monoisotopic (exact) mass is 1460 g/mol. The number of nitrogens with zero attached hydrogens (tertiary/aromatic N) is 20. The highest BCUT2D eigenvalue weighted by molar-refractivity contribution is 7.71. The van der Waals surface area contributed by atoms with Crippen molar-refractivity contribution in [2.24, 2.45) is 48.0 Å². The van der Waals surface area contributed by atoms with E-state index >= 15 is 0 Å². The summed E-state index contributed by atoms with van der Waals surface area (Å²) in [4.78, 5) is 65.3. The summed E-state index contributed by atoms with van der Waals surface area (Å²) >= 11 is 5.41. The molecule has 0 saturated heterocycles. The third-order valence-electron chi connectivity index (χ3n) is 15.7. The lowest BCUT2D eigenvalue weighted by atomic mass is 9.91. The Labute approximate surface area is 618 Å². The highest BCUT2D eigenvalue weighted by Crippen LogP contribution is 2.40. The maximum absolute atomic E-state index is 13.0. The summed E-state index contributed by atoms with van der Waals surface area (Å²) in [5, 5.41) is 80.1. The number of carbonyl (C=O) groups excluding carboxylic acids is 2. The quantitative estimate of drug-likeness (QED) is 0.0287. The van der Waals surface area contributed by atoms with Crippen LogP contribution in [0.25, 0.3) is 37.3 Å². The fourth-order valence-corrected chi connectivity index (χ4v) is 10.5. The van der Waals surface area contributed by atoms with Crippen LogP contribution in [0.15, 0.2) is 189 Å². The van der Waals surface area contributed by atoms with Crippen molar-refractivity contribution >= 4 is 81.6 Å². The average Bonchev–Trinajstić information content (AvgIpc) is 1.66. The van der Waals surface area contributed by atoms with Crippen molar-refractivity contribution in [1.82, 2.24) is 79.3 Å². The van der Waals surface area contributed by atoms with Gasteiger partial charge in [0.2, 0.25) is 23.3 Å². The maximum Gasteiger partial charge on any atom is 0.373 e. The van der Waals surface area contributed by atoms with E-state index in [1.807, 2.05) is 218 Å². The van der Waals surface area contributed by atoms with Gasteiger partial charge in [-0.05, 0) is 79.0 Å². The second-order valence-electron chi connectivity index (χ2n) is 27.5. The Hall–Kier alpha value is -13.8. The molecule has 0 saturated carbocycles. The zero-order chi connectivity index (χ0) is 78.1. The largest absolute Gasteiger partial charge is 0.491 e. The number of hydrogen-bond acceptors (Lipinski definition) is 19. The van der Waals surface area contributed by atoms with Crippen LogP contribution in [0, 0.1) is 24.5 Å².